The van der Waals surface area contributed by atoms with E-state index in [1.165, 1.54) is 24.3 Å². The first-order valence-corrected chi connectivity index (χ1v) is 22.1. The van der Waals surface area contributed by atoms with Crippen molar-refractivity contribution in [3.63, 3.8) is 0 Å². The van der Waals surface area contributed by atoms with Crippen LogP contribution in [0.5, 0.6) is 5.75 Å². The predicted molar refractivity (Wildman–Crippen MR) is 240 cm³/mol. The standard InChI is InChI=1S/C41H62ClN9O14S/c1-22(2)17-26(48-37(62)25(46-32(55)20-42)7-6-9-33(56)57)38(63)49-27(18-23-10-12-24(52)13-11-23)39(64)51-41(3,15-14-34(58)59)40(65)50-28(19-30(43)53)36(61)45-16-5-4-8-31(54)47-29(21-66)35(44)60/h10-13,22,25-29,52,66H,4-9,14-21H2,1-3H3,(H2,43,53)(H2,44,60)(H,45,61)(H,46,55)(H,47,54)(H,48,62)(H,49,63)(H,50,65)(H,51,64)(H,56,57)(H,58,59)/t25-,26-,27-,28-,29-,41+/m0/s1. The van der Waals surface area contributed by atoms with E-state index in [1.54, 1.807) is 13.8 Å². The molecule has 1 rings (SSSR count). The second kappa shape index (κ2) is 29.4. The SMILES string of the molecule is CC(C)C[C@H](NC(=O)[C@H](CCCC(=O)O)NC(=O)CCl)C(=O)N[C@@H](Cc1ccc(O)cc1)C(=O)N[C@](C)(CCC(=O)O)C(=O)N[C@@H](CC(N)=O)C(=O)NCCCCC(=O)N[C@@H](CS)C(N)=O. The number of primary amides is 2. The van der Waals surface area contributed by atoms with Gasteiger partial charge in [-0.2, -0.15) is 12.6 Å². The third kappa shape index (κ3) is 22.6. The number of phenols is 1. The van der Waals surface area contributed by atoms with E-state index in [9.17, 15) is 63.0 Å². The smallest absolute Gasteiger partial charge is 0.303 e. The van der Waals surface area contributed by atoms with Crippen LogP contribution in [0.4, 0.5) is 0 Å². The maximum absolute atomic E-state index is 14.3. The van der Waals surface area contributed by atoms with E-state index in [0.29, 0.717) is 5.56 Å². The molecule has 0 aliphatic rings. The molecule has 9 amide bonds. The summed E-state index contributed by atoms with van der Waals surface area (Å²) in [7, 11) is 0. The zero-order valence-electron chi connectivity index (χ0n) is 37.0. The average Bonchev–Trinajstić information content (AvgIpc) is 3.23. The molecule has 6 atom stereocenters. The first kappa shape index (κ1) is 57.8. The van der Waals surface area contributed by atoms with Crippen LogP contribution in [-0.2, 0) is 59.2 Å². The molecule has 0 saturated heterocycles. The lowest BCUT2D eigenvalue weighted by Crippen LogP contribution is -2.64. The van der Waals surface area contributed by atoms with E-state index in [1.807, 2.05) is 0 Å². The molecule has 25 heteroatoms. The summed E-state index contributed by atoms with van der Waals surface area (Å²) in [6.07, 6.45) is -2.29. The highest BCUT2D eigenvalue weighted by atomic mass is 35.5. The number of carboxylic acid groups (broad SMARTS) is 2. The predicted octanol–water partition coefficient (Wildman–Crippen LogP) is -1.78. The molecule has 0 bridgehead atoms. The molecule has 1 aromatic carbocycles. The highest BCUT2D eigenvalue weighted by molar-refractivity contribution is 7.80. The molecule has 1 aromatic rings. The molecule has 0 saturated carbocycles. The Hall–Kier alpha value is -6.17. The number of nitrogens with one attached hydrogen (secondary N) is 7. The fourth-order valence-corrected chi connectivity index (χ4v) is 6.53. The molecule has 14 N–H and O–H groups in total. The van der Waals surface area contributed by atoms with Crippen molar-refractivity contribution in [2.75, 3.05) is 18.2 Å². The zero-order chi connectivity index (χ0) is 50.1. The topological polar surface area (TPSA) is 385 Å². The zero-order valence-corrected chi connectivity index (χ0v) is 38.6. The van der Waals surface area contributed by atoms with E-state index in [-0.39, 0.29) is 75.3 Å². The third-order valence-electron chi connectivity index (χ3n) is 9.76. The quantitative estimate of drug-likeness (QED) is 0.0216. The van der Waals surface area contributed by atoms with Crippen molar-refractivity contribution in [2.24, 2.45) is 17.4 Å². The summed E-state index contributed by atoms with van der Waals surface area (Å²) in [4.78, 5) is 140. The fraction of sp³-hybridized carbons (Fsp3) is 0.585. The number of carboxylic acids is 2. The Morgan fingerprint density at radius 2 is 1.29 bits per heavy atom. The summed E-state index contributed by atoms with van der Waals surface area (Å²) in [5.74, 6) is -11.2. The van der Waals surface area contributed by atoms with Gasteiger partial charge in [-0.3, -0.25) is 52.7 Å². The number of amides is 9. The highest BCUT2D eigenvalue weighted by Gasteiger charge is 2.40. The number of thiol groups is 1. The van der Waals surface area contributed by atoms with E-state index in [2.05, 4.69) is 49.8 Å². The summed E-state index contributed by atoms with van der Waals surface area (Å²) in [6.45, 7) is 4.59. The molecule has 0 heterocycles. The van der Waals surface area contributed by atoms with Crippen LogP contribution in [-0.4, -0.2) is 134 Å². The Bertz CT molecular complexity index is 1890. The van der Waals surface area contributed by atoms with E-state index >= 15 is 0 Å². The first-order valence-electron chi connectivity index (χ1n) is 21.0. The van der Waals surface area contributed by atoms with Gasteiger partial charge in [0.1, 0.15) is 47.4 Å². The van der Waals surface area contributed by atoms with Crippen molar-refractivity contribution < 1.29 is 68.1 Å². The Labute approximate surface area is 391 Å². The monoisotopic (exact) mass is 971 g/mol. The highest BCUT2D eigenvalue weighted by Crippen LogP contribution is 2.18. The fourth-order valence-electron chi connectivity index (χ4n) is 6.18. The van der Waals surface area contributed by atoms with E-state index in [0.717, 1.165) is 6.92 Å². The van der Waals surface area contributed by atoms with Crippen LogP contribution in [0.15, 0.2) is 24.3 Å². The van der Waals surface area contributed by atoms with Gasteiger partial charge in [-0.15, -0.1) is 11.6 Å². The maximum Gasteiger partial charge on any atom is 0.303 e. The summed E-state index contributed by atoms with van der Waals surface area (Å²) >= 11 is 9.58. The normalized spacial score (nSPS) is 14.1. The molecule has 0 aliphatic heterocycles. The number of unbranched alkanes of at least 4 members (excludes halogenated alkanes) is 1. The number of aromatic hydroxyl groups is 1. The number of halogens is 1. The van der Waals surface area contributed by atoms with Gasteiger partial charge in [0.25, 0.3) is 0 Å². The lowest BCUT2D eigenvalue weighted by molar-refractivity contribution is -0.141. The Balaban J connectivity index is 3.43. The Morgan fingerprint density at radius 3 is 1.83 bits per heavy atom. The molecule has 368 valence electrons. The van der Waals surface area contributed by atoms with Crippen molar-refractivity contribution in [1.29, 1.82) is 0 Å². The van der Waals surface area contributed by atoms with Gasteiger partial charge in [-0.25, -0.2) is 0 Å². The number of carbonyl (C=O) groups is 11. The molecule has 0 aliphatic carbocycles. The number of nitrogens with two attached hydrogens (primary N) is 2. The van der Waals surface area contributed by atoms with Crippen molar-refractivity contribution in [3.8, 4) is 5.75 Å². The van der Waals surface area contributed by atoms with Crippen LogP contribution in [0.2, 0.25) is 0 Å². The van der Waals surface area contributed by atoms with Gasteiger partial charge in [0.2, 0.25) is 53.2 Å². The van der Waals surface area contributed by atoms with E-state index in [4.69, 9.17) is 28.2 Å². The van der Waals surface area contributed by atoms with Gasteiger partial charge < -0.3 is 64.0 Å². The van der Waals surface area contributed by atoms with Crippen LogP contribution < -0.4 is 48.7 Å². The summed E-state index contributed by atoms with van der Waals surface area (Å²) in [6, 6.07) is -1.28. The molecular weight excluding hydrogens is 910 g/mol. The van der Waals surface area contributed by atoms with Crippen LogP contribution >= 0.6 is 24.2 Å². The molecular formula is C41H62ClN9O14S. The molecule has 0 radical (unpaired) electrons. The van der Waals surface area contributed by atoms with Crippen LogP contribution in [0.3, 0.4) is 0 Å². The second-order valence-electron chi connectivity index (χ2n) is 16.0. The van der Waals surface area contributed by atoms with Crippen molar-refractivity contribution in [1.82, 2.24) is 37.2 Å². The second-order valence-corrected chi connectivity index (χ2v) is 16.7. The largest absolute Gasteiger partial charge is 0.508 e. The lowest BCUT2D eigenvalue weighted by Gasteiger charge is -2.33. The number of alkyl halides is 1. The minimum Gasteiger partial charge on any atom is -0.508 e. The molecule has 0 aromatic heterocycles. The third-order valence-corrected chi connectivity index (χ3v) is 10.4. The summed E-state index contributed by atoms with van der Waals surface area (Å²) in [5, 5.41) is 45.8. The Kier molecular flexibility index (Phi) is 25.8. The minimum absolute atomic E-state index is 0.00158. The maximum atomic E-state index is 14.3. The number of hydrogen-bond donors (Lipinski definition) is 13. The number of rotatable bonds is 32. The minimum atomic E-state index is -2.14. The summed E-state index contributed by atoms with van der Waals surface area (Å²) in [5.41, 5.74) is 8.84. The van der Waals surface area contributed by atoms with Gasteiger partial charge in [-0.05, 0) is 69.1 Å². The van der Waals surface area contributed by atoms with Crippen LogP contribution in [0, 0.1) is 5.92 Å². The van der Waals surface area contributed by atoms with Gasteiger partial charge in [0.05, 0.1) is 6.42 Å². The molecule has 0 fully saturated rings. The number of benzene rings is 1. The lowest BCUT2D eigenvalue weighted by atomic mass is 9.92. The average molecular weight is 973 g/mol. The van der Waals surface area contributed by atoms with Crippen molar-refractivity contribution in [2.45, 2.75) is 127 Å². The van der Waals surface area contributed by atoms with Gasteiger partial charge in [0, 0.05) is 38.0 Å². The van der Waals surface area contributed by atoms with Gasteiger partial charge >= 0.3 is 11.9 Å². The van der Waals surface area contributed by atoms with Crippen molar-refractivity contribution in [3.05, 3.63) is 29.8 Å². The van der Waals surface area contributed by atoms with Gasteiger partial charge in [-0.1, -0.05) is 26.0 Å². The summed E-state index contributed by atoms with van der Waals surface area (Å²) < 4.78 is 0. The van der Waals surface area contributed by atoms with Crippen LogP contribution in [0.1, 0.15) is 90.5 Å². The Morgan fingerprint density at radius 1 is 0.697 bits per heavy atom. The number of aliphatic carboxylic acids is 2. The van der Waals surface area contributed by atoms with Gasteiger partial charge in [0.15, 0.2) is 0 Å². The molecule has 66 heavy (non-hydrogen) atoms. The van der Waals surface area contributed by atoms with E-state index < -0.39 is 126 Å². The number of phenolic OH excluding ortho intramolecular Hbond substituents is 1. The molecule has 0 spiro atoms. The van der Waals surface area contributed by atoms with Crippen molar-refractivity contribution >= 4 is 89.3 Å². The first-order chi connectivity index (χ1) is 30.9. The molecule has 23 nitrogen and oxygen atoms in total. The number of carbonyl (C=O) groups excluding carboxylic acids is 9. The van der Waals surface area contributed by atoms with Crippen LogP contribution in [0.25, 0.3) is 0 Å². The number of hydrogen-bond acceptors (Lipinski definition) is 13. The molecule has 0 unspecified atom stereocenters.